The Balaban J connectivity index is 1.43. The van der Waals surface area contributed by atoms with Crippen LogP contribution in [0.1, 0.15) is 95.5 Å². The molecule has 3 aromatic carbocycles. The Kier molecular flexibility index (Phi) is 8.58. The van der Waals surface area contributed by atoms with Gasteiger partial charge in [0.15, 0.2) is 0 Å². The lowest BCUT2D eigenvalue weighted by molar-refractivity contribution is -0.135. The molecule has 198 valence electrons. The first-order chi connectivity index (χ1) is 18.6. The van der Waals surface area contributed by atoms with Crippen LogP contribution in [0.3, 0.4) is 0 Å². The number of hydrogen-bond acceptors (Lipinski definition) is 5. The summed E-state index contributed by atoms with van der Waals surface area (Å²) in [5.74, 6) is 1.58. The van der Waals surface area contributed by atoms with E-state index < -0.39 is 0 Å². The summed E-state index contributed by atoms with van der Waals surface area (Å²) in [6, 6.07) is 15.0. The number of nitriles is 1. The van der Waals surface area contributed by atoms with E-state index in [0.717, 1.165) is 18.2 Å². The summed E-state index contributed by atoms with van der Waals surface area (Å²) >= 11 is 0. The largest absolute Gasteiger partial charge is 0.425 e. The molecule has 0 N–H and O–H groups in total. The molecule has 0 unspecified atom stereocenters. The summed E-state index contributed by atoms with van der Waals surface area (Å²) in [5.41, 5.74) is 0.460. The van der Waals surface area contributed by atoms with Crippen LogP contribution in [-0.2, 0) is 9.59 Å². The average molecular weight is 512 g/mol. The molecule has 5 nitrogen and oxygen atoms in total. The second-order valence-electron chi connectivity index (χ2n) is 11.1. The number of esters is 2. The van der Waals surface area contributed by atoms with Crippen molar-refractivity contribution in [1.29, 1.82) is 5.26 Å². The van der Waals surface area contributed by atoms with Gasteiger partial charge in [-0.05, 0) is 42.9 Å². The molecule has 3 aromatic rings. The molecule has 2 aliphatic carbocycles. The van der Waals surface area contributed by atoms with Gasteiger partial charge in [-0.3, -0.25) is 9.59 Å². The Morgan fingerprint density at radius 3 is 1.66 bits per heavy atom. The summed E-state index contributed by atoms with van der Waals surface area (Å²) in [4.78, 5) is 26.0. The van der Waals surface area contributed by atoms with Crippen LogP contribution in [0, 0.1) is 23.2 Å². The number of fused-ring (bicyclic) bond motifs is 2. The van der Waals surface area contributed by atoms with Crippen molar-refractivity contribution in [3.05, 3.63) is 48.0 Å². The van der Waals surface area contributed by atoms with E-state index in [9.17, 15) is 14.9 Å². The predicted molar refractivity (Wildman–Crippen MR) is 149 cm³/mol. The molecule has 5 heteroatoms. The molecule has 38 heavy (non-hydrogen) atoms. The van der Waals surface area contributed by atoms with Gasteiger partial charge in [-0.1, -0.05) is 88.5 Å². The second-order valence-corrected chi connectivity index (χ2v) is 11.1. The van der Waals surface area contributed by atoms with Gasteiger partial charge in [0, 0.05) is 34.4 Å². The van der Waals surface area contributed by atoms with Crippen molar-refractivity contribution in [2.45, 2.75) is 89.9 Å². The molecule has 0 saturated heterocycles. The summed E-state index contributed by atoms with van der Waals surface area (Å²) < 4.78 is 12.1. The Morgan fingerprint density at radius 1 is 0.684 bits per heavy atom. The molecule has 0 atom stereocenters. The lowest BCUT2D eigenvalue weighted by atomic mass is 9.86. The van der Waals surface area contributed by atoms with E-state index in [-0.39, 0.29) is 11.9 Å². The van der Waals surface area contributed by atoms with Crippen molar-refractivity contribution in [2.75, 3.05) is 0 Å². The molecule has 0 aromatic heterocycles. The highest BCUT2D eigenvalue weighted by Crippen LogP contribution is 2.43. The van der Waals surface area contributed by atoms with Gasteiger partial charge in [0.2, 0.25) is 0 Å². The highest BCUT2D eigenvalue weighted by molar-refractivity contribution is 6.13. The van der Waals surface area contributed by atoms with Crippen LogP contribution in [0.15, 0.2) is 42.5 Å². The SMILES string of the molecule is N#Cc1ccc2c(OC(=O)CCC3CCCCC3)c3ccccc3c(OC(=O)CCC3CCCCC3)c2c1. The lowest BCUT2D eigenvalue weighted by Crippen LogP contribution is -2.14. The number of hydrogen-bond donors (Lipinski definition) is 0. The van der Waals surface area contributed by atoms with E-state index >= 15 is 0 Å². The molecular weight excluding hydrogens is 474 g/mol. The maximum Gasteiger partial charge on any atom is 0.311 e. The normalized spacial score (nSPS) is 16.8. The molecule has 5 rings (SSSR count). The monoisotopic (exact) mass is 511 g/mol. The van der Waals surface area contributed by atoms with Crippen LogP contribution in [-0.4, -0.2) is 11.9 Å². The Bertz CT molecular complexity index is 1340. The van der Waals surface area contributed by atoms with Gasteiger partial charge >= 0.3 is 11.9 Å². The molecule has 2 fully saturated rings. The topological polar surface area (TPSA) is 76.4 Å². The quantitative estimate of drug-likeness (QED) is 0.172. The Morgan fingerprint density at radius 2 is 1.16 bits per heavy atom. The van der Waals surface area contributed by atoms with Crippen LogP contribution in [0.5, 0.6) is 11.5 Å². The Hall–Kier alpha value is -3.39. The second kappa shape index (κ2) is 12.4. The molecule has 2 saturated carbocycles. The molecule has 0 heterocycles. The van der Waals surface area contributed by atoms with E-state index in [0.29, 0.717) is 57.9 Å². The first-order valence-electron chi connectivity index (χ1n) is 14.4. The summed E-state index contributed by atoms with van der Waals surface area (Å²) in [7, 11) is 0. The molecule has 0 bridgehead atoms. The Labute approximate surface area is 225 Å². The zero-order valence-corrected chi connectivity index (χ0v) is 22.2. The fourth-order valence-electron chi connectivity index (χ4n) is 6.31. The van der Waals surface area contributed by atoms with E-state index in [2.05, 4.69) is 6.07 Å². The van der Waals surface area contributed by atoms with Gasteiger partial charge in [0.1, 0.15) is 11.5 Å². The van der Waals surface area contributed by atoms with Crippen molar-refractivity contribution in [1.82, 2.24) is 0 Å². The number of carbonyl (C=O) groups excluding carboxylic acids is 2. The number of rotatable bonds is 8. The van der Waals surface area contributed by atoms with Crippen molar-refractivity contribution in [3.8, 4) is 17.6 Å². The molecule has 0 aliphatic heterocycles. The average Bonchev–Trinajstić information content (AvgIpc) is 2.97. The highest BCUT2D eigenvalue weighted by atomic mass is 16.5. The van der Waals surface area contributed by atoms with Gasteiger partial charge in [0.05, 0.1) is 11.6 Å². The fourth-order valence-corrected chi connectivity index (χ4v) is 6.31. The molecular formula is C33H37NO4. The number of carbonyl (C=O) groups is 2. The number of benzene rings is 3. The minimum atomic E-state index is -0.262. The third-order valence-corrected chi connectivity index (χ3v) is 8.45. The van der Waals surface area contributed by atoms with Gasteiger partial charge in [-0.15, -0.1) is 0 Å². The zero-order valence-electron chi connectivity index (χ0n) is 22.2. The molecule has 0 amide bonds. The van der Waals surface area contributed by atoms with Crippen molar-refractivity contribution >= 4 is 33.5 Å². The standard InChI is InChI=1S/C33H37NO4/c34-22-25-15-18-28-29(21-25)33(38-31(36)20-17-24-11-5-2-6-12-24)27-14-8-7-13-26(27)32(28)37-30(35)19-16-23-9-3-1-4-10-23/h7-8,13-15,18,21,23-24H,1-6,9-12,16-17,19-20H2. The first-order valence-corrected chi connectivity index (χ1v) is 14.4. The van der Waals surface area contributed by atoms with Gasteiger partial charge in [-0.2, -0.15) is 5.26 Å². The van der Waals surface area contributed by atoms with Crippen LogP contribution in [0.4, 0.5) is 0 Å². The van der Waals surface area contributed by atoms with Gasteiger partial charge < -0.3 is 9.47 Å². The maximum atomic E-state index is 13.0. The first kappa shape index (κ1) is 26.2. The molecule has 0 radical (unpaired) electrons. The van der Waals surface area contributed by atoms with E-state index in [1.807, 2.05) is 24.3 Å². The number of ether oxygens (including phenoxy) is 2. The van der Waals surface area contributed by atoms with Crippen LogP contribution >= 0.6 is 0 Å². The van der Waals surface area contributed by atoms with E-state index in [4.69, 9.17) is 9.47 Å². The van der Waals surface area contributed by atoms with Crippen molar-refractivity contribution in [2.24, 2.45) is 11.8 Å². The summed E-state index contributed by atoms with van der Waals surface area (Å²) in [5, 5.41) is 12.3. The minimum absolute atomic E-state index is 0.247. The highest BCUT2D eigenvalue weighted by Gasteiger charge is 2.22. The van der Waals surface area contributed by atoms with Crippen LogP contribution < -0.4 is 9.47 Å². The molecule has 0 spiro atoms. The lowest BCUT2D eigenvalue weighted by Gasteiger charge is -2.21. The fraction of sp³-hybridized carbons (Fsp3) is 0.485. The van der Waals surface area contributed by atoms with E-state index in [1.165, 1.54) is 64.2 Å². The van der Waals surface area contributed by atoms with Crippen molar-refractivity contribution in [3.63, 3.8) is 0 Å². The third kappa shape index (κ3) is 6.18. The number of nitrogens with zero attached hydrogens (tertiary/aromatic N) is 1. The van der Waals surface area contributed by atoms with Crippen LogP contribution in [0.2, 0.25) is 0 Å². The van der Waals surface area contributed by atoms with Crippen molar-refractivity contribution < 1.29 is 19.1 Å². The third-order valence-electron chi connectivity index (χ3n) is 8.45. The predicted octanol–water partition coefficient (Wildman–Crippen LogP) is 8.40. The zero-order chi connectivity index (χ0) is 26.3. The maximum absolute atomic E-state index is 13.0. The minimum Gasteiger partial charge on any atom is -0.425 e. The summed E-state index contributed by atoms with van der Waals surface area (Å²) in [6.45, 7) is 0. The van der Waals surface area contributed by atoms with Gasteiger partial charge in [-0.25, -0.2) is 0 Å². The summed E-state index contributed by atoms with van der Waals surface area (Å²) in [6.07, 6.45) is 14.8. The molecule has 2 aliphatic rings. The van der Waals surface area contributed by atoms with E-state index in [1.54, 1.807) is 18.2 Å². The smallest absolute Gasteiger partial charge is 0.311 e. The van der Waals surface area contributed by atoms with Crippen LogP contribution in [0.25, 0.3) is 21.5 Å². The van der Waals surface area contributed by atoms with Gasteiger partial charge in [0.25, 0.3) is 0 Å².